The van der Waals surface area contributed by atoms with Gasteiger partial charge in [0.05, 0.1) is 23.6 Å². The van der Waals surface area contributed by atoms with Crippen LogP contribution in [0.3, 0.4) is 0 Å². The van der Waals surface area contributed by atoms with E-state index in [1.165, 1.54) is 12.1 Å². The van der Waals surface area contributed by atoms with Gasteiger partial charge in [-0.25, -0.2) is 13.1 Å². The van der Waals surface area contributed by atoms with Crippen LogP contribution in [0.25, 0.3) is 0 Å². The Kier molecular flexibility index (Phi) is 5.15. The third-order valence-electron chi connectivity index (χ3n) is 3.75. The van der Waals surface area contributed by atoms with E-state index in [9.17, 15) is 13.5 Å². The smallest absolute Gasteiger partial charge is 0.240 e. The molecular formula is C17H19NO5S. The summed E-state index contributed by atoms with van der Waals surface area (Å²) in [6, 6.07) is 14.9. The number of aliphatic hydroxyl groups excluding tert-OH is 1. The molecule has 6 nitrogen and oxygen atoms in total. The van der Waals surface area contributed by atoms with Crippen molar-refractivity contribution in [2.75, 3.05) is 13.2 Å². The third kappa shape index (κ3) is 4.12. The maximum Gasteiger partial charge on any atom is 0.240 e. The molecule has 0 spiro atoms. The highest BCUT2D eigenvalue weighted by molar-refractivity contribution is 7.89. The Balaban J connectivity index is 1.69. The zero-order chi connectivity index (χ0) is 17.0. The lowest BCUT2D eigenvalue weighted by Gasteiger charge is -2.28. The molecule has 0 amide bonds. The molecule has 0 bridgehead atoms. The number of hydrogen-bond acceptors (Lipinski definition) is 5. The van der Waals surface area contributed by atoms with Gasteiger partial charge in [-0.1, -0.05) is 18.2 Å². The van der Waals surface area contributed by atoms with Gasteiger partial charge in [0, 0.05) is 6.61 Å². The zero-order valence-electron chi connectivity index (χ0n) is 13.0. The van der Waals surface area contributed by atoms with Crippen molar-refractivity contribution in [1.29, 1.82) is 0 Å². The molecule has 1 aliphatic rings. The van der Waals surface area contributed by atoms with Crippen molar-refractivity contribution < 1.29 is 23.0 Å². The fraction of sp³-hybridized carbons (Fsp3) is 0.294. The summed E-state index contributed by atoms with van der Waals surface area (Å²) in [7, 11) is -3.70. The molecule has 1 saturated heterocycles. The highest BCUT2D eigenvalue weighted by Crippen LogP contribution is 2.23. The molecule has 0 unspecified atom stereocenters. The first-order valence-electron chi connectivity index (χ1n) is 7.66. The van der Waals surface area contributed by atoms with E-state index in [2.05, 4.69) is 4.72 Å². The van der Waals surface area contributed by atoms with Crippen molar-refractivity contribution in [2.45, 2.75) is 23.5 Å². The van der Waals surface area contributed by atoms with Crippen molar-refractivity contribution in [1.82, 2.24) is 4.72 Å². The van der Waals surface area contributed by atoms with E-state index >= 15 is 0 Å². The molecule has 7 heteroatoms. The van der Waals surface area contributed by atoms with Crippen molar-refractivity contribution in [3.8, 4) is 11.5 Å². The van der Waals surface area contributed by atoms with Gasteiger partial charge < -0.3 is 14.6 Å². The van der Waals surface area contributed by atoms with Crippen LogP contribution in [0.2, 0.25) is 0 Å². The van der Waals surface area contributed by atoms with Gasteiger partial charge in [0.2, 0.25) is 10.0 Å². The molecule has 0 aliphatic carbocycles. The molecule has 1 fully saturated rings. The minimum atomic E-state index is -3.70. The first-order valence-corrected chi connectivity index (χ1v) is 9.14. The SMILES string of the molecule is O=S(=O)(N[C@@H]1CCOC[C@H]1O)c1ccc(Oc2ccccc2)cc1. The number of sulfonamides is 1. The quantitative estimate of drug-likeness (QED) is 0.861. The molecule has 2 N–H and O–H groups in total. The maximum absolute atomic E-state index is 12.4. The molecule has 2 aromatic carbocycles. The van der Waals surface area contributed by atoms with Gasteiger partial charge in [-0.2, -0.15) is 0 Å². The summed E-state index contributed by atoms with van der Waals surface area (Å²) in [5.74, 6) is 1.22. The van der Waals surface area contributed by atoms with Crippen LogP contribution in [-0.4, -0.2) is 38.9 Å². The molecule has 1 aliphatic heterocycles. The Bertz CT molecular complexity index is 761. The lowest BCUT2D eigenvalue weighted by atomic mass is 10.1. The lowest BCUT2D eigenvalue weighted by molar-refractivity contribution is -0.0222. The maximum atomic E-state index is 12.4. The summed E-state index contributed by atoms with van der Waals surface area (Å²) in [5, 5.41) is 9.82. The van der Waals surface area contributed by atoms with Gasteiger partial charge in [0.15, 0.2) is 0 Å². The standard InChI is InChI=1S/C17H19NO5S/c19-17-12-22-11-10-16(17)18-24(20,21)15-8-6-14(7-9-15)23-13-4-2-1-3-5-13/h1-9,16-19H,10-12H2/t16-,17-/m1/s1. The van der Waals surface area contributed by atoms with E-state index < -0.39 is 22.2 Å². The van der Waals surface area contributed by atoms with Gasteiger partial charge in [-0.05, 0) is 42.8 Å². The largest absolute Gasteiger partial charge is 0.457 e. The molecule has 0 aromatic heterocycles. The summed E-state index contributed by atoms with van der Waals surface area (Å²) in [4.78, 5) is 0.126. The minimum absolute atomic E-state index is 0.126. The van der Waals surface area contributed by atoms with Gasteiger partial charge in [0.25, 0.3) is 0 Å². The summed E-state index contributed by atoms with van der Waals surface area (Å²) < 4.78 is 38.1. The van der Waals surface area contributed by atoms with Crippen LogP contribution in [-0.2, 0) is 14.8 Å². The van der Waals surface area contributed by atoms with E-state index in [0.717, 1.165) is 0 Å². The number of rotatable bonds is 5. The fourth-order valence-corrected chi connectivity index (χ4v) is 3.74. The van der Waals surface area contributed by atoms with Crippen molar-refractivity contribution in [3.63, 3.8) is 0 Å². The summed E-state index contributed by atoms with van der Waals surface area (Å²) >= 11 is 0. The molecule has 2 atom stereocenters. The molecule has 2 aromatic rings. The second kappa shape index (κ2) is 7.31. The van der Waals surface area contributed by atoms with Crippen LogP contribution < -0.4 is 9.46 Å². The van der Waals surface area contributed by atoms with Gasteiger partial charge in [0.1, 0.15) is 11.5 Å². The monoisotopic (exact) mass is 349 g/mol. The van der Waals surface area contributed by atoms with Crippen molar-refractivity contribution in [2.24, 2.45) is 0 Å². The van der Waals surface area contributed by atoms with E-state index in [4.69, 9.17) is 9.47 Å². The van der Waals surface area contributed by atoms with Gasteiger partial charge in [-0.15, -0.1) is 0 Å². The van der Waals surface area contributed by atoms with Crippen LogP contribution in [0.15, 0.2) is 59.5 Å². The zero-order valence-corrected chi connectivity index (χ0v) is 13.8. The predicted molar refractivity (Wildman–Crippen MR) is 88.5 cm³/mol. The second-order valence-electron chi connectivity index (χ2n) is 5.55. The normalized spacial score (nSPS) is 21.4. The Morgan fingerprint density at radius 1 is 1.04 bits per heavy atom. The van der Waals surface area contributed by atoms with Crippen LogP contribution in [0.4, 0.5) is 0 Å². The summed E-state index contributed by atoms with van der Waals surface area (Å²) in [5.41, 5.74) is 0. The van der Waals surface area contributed by atoms with Crippen molar-refractivity contribution in [3.05, 3.63) is 54.6 Å². The van der Waals surface area contributed by atoms with Crippen molar-refractivity contribution >= 4 is 10.0 Å². The first kappa shape index (κ1) is 16.9. The van der Waals surface area contributed by atoms with Gasteiger partial charge >= 0.3 is 0 Å². The predicted octanol–water partition coefficient (Wildman–Crippen LogP) is 1.91. The topological polar surface area (TPSA) is 84.9 Å². The Morgan fingerprint density at radius 2 is 1.71 bits per heavy atom. The molecule has 0 radical (unpaired) electrons. The average Bonchev–Trinajstić information content (AvgIpc) is 2.58. The number of para-hydroxylation sites is 1. The highest BCUT2D eigenvalue weighted by Gasteiger charge is 2.28. The molecule has 0 saturated carbocycles. The molecule has 1 heterocycles. The summed E-state index contributed by atoms with van der Waals surface area (Å²) in [6.07, 6.45) is -0.399. The number of benzene rings is 2. The van der Waals surface area contributed by atoms with Crippen LogP contribution in [0.5, 0.6) is 11.5 Å². The van der Waals surface area contributed by atoms with E-state index in [1.54, 1.807) is 12.1 Å². The van der Waals surface area contributed by atoms with Crippen LogP contribution in [0, 0.1) is 0 Å². The molecule has 3 rings (SSSR count). The van der Waals surface area contributed by atoms with E-state index in [1.807, 2.05) is 30.3 Å². The van der Waals surface area contributed by atoms with Crippen LogP contribution >= 0.6 is 0 Å². The Hall–Kier alpha value is -1.93. The number of hydrogen-bond donors (Lipinski definition) is 2. The Morgan fingerprint density at radius 3 is 2.38 bits per heavy atom. The average molecular weight is 349 g/mol. The molecule has 24 heavy (non-hydrogen) atoms. The minimum Gasteiger partial charge on any atom is -0.457 e. The third-order valence-corrected chi connectivity index (χ3v) is 5.25. The molecular weight excluding hydrogens is 330 g/mol. The van der Waals surface area contributed by atoms with E-state index in [-0.39, 0.29) is 11.5 Å². The molecule has 128 valence electrons. The number of nitrogens with one attached hydrogen (secondary N) is 1. The van der Waals surface area contributed by atoms with E-state index in [0.29, 0.717) is 24.5 Å². The summed E-state index contributed by atoms with van der Waals surface area (Å²) in [6.45, 7) is 0.561. The lowest BCUT2D eigenvalue weighted by Crippen LogP contribution is -2.48. The highest BCUT2D eigenvalue weighted by atomic mass is 32.2. The first-order chi connectivity index (χ1) is 11.5. The van der Waals surface area contributed by atoms with Crippen LogP contribution in [0.1, 0.15) is 6.42 Å². The fourth-order valence-electron chi connectivity index (χ4n) is 2.44. The number of aliphatic hydroxyl groups is 1. The van der Waals surface area contributed by atoms with Gasteiger partial charge in [-0.3, -0.25) is 0 Å². The Labute approximate surface area is 141 Å². The second-order valence-corrected chi connectivity index (χ2v) is 7.26. The number of ether oxygens (including phenoxy) is 2.